The van der Waals surface area contributed by atoms with Gasteiger partial charge >= 0.3 is 0 Å². The number of anilines is 2. The first-order valence-corrected chi connectivity index (χ1v) is 16.5. The molecule has 4 heteroatoms. The molecule has 0 bridgehead atoms. The van der Waals surface area contributed by atoms with E-state index in [1.165, 1.54) is 78.6 Å². The third kappa shape index (κ3) is 3.41. The fourth-order valence-electron chi connectivity index (χ4n) is 7.07. The molecular formula is C40H24N2S2. The fourth-order valence-corrected chi connectivity index (χ4v) is 9.47. The number of hydrogen-bond donors (Lipinski definition) is 1. The molecule has 0 aliphatic rings. The number of para-hydroxylation sites is 1. The van der Waals surface area contributed by atoms with Crippen LogP contribution in [-0.4, -0.2) is 4.57 Å². The van der Waals surface area contributed by atoms with Gasteiger partial charge in [-0.15, -0.1) is 22.7 Å². The van der Waals surface area contributed by atoms with Crippen molar-refractivity contribution in [3.05, 3.63) is 140 Å². The lowest BCUT2D eigenvalue weighted by molar-refractivity contribution is 1.19. The summed E-state index contributed by atoms with van der Waals surface area (Å²) in [4.78, 5) is 0. The van der Waals surface area contributed by atoms with Gasteiger partial charge < -0.3 is 9.88 Å². The van der Waals surface area contributed by atoms with Crippen molar-refractivity contribution in [3.8, 4) is 5.69 Å². The Morgan fingerprint density at radius 3 is 1.86 bits per heavy atom. The molecule has 10 aromatic rings. The zero-order valence-electron chi connectivity index (χ0n) is 23.5. The summed E-state index contributed by atoms with van der Waals surface area (Å²) in [5.41, 5.74) is 5.87. The average molecular weight is 597 g/mol. The third-order valence-corrected chi connectivity index (χ3v) is 11.2. The highest BCUT2D eigenvalue weighted by Crippen LogP contribution is 2.48. The number of fused-ring (bicyclic) bond motifs is 13. The second-order valence-corrected chi connectivity index (χ2v) is 13.5. The van der Waals surface area contributed by atoms with Crippen molar-refractivity contribution >= 4 is 107 Å². The van der Waals surface area contributed by atoms with Crippen LogP contribution < -0.4 is 5.32 Å². The van der Waals surface area contributed by atoms with Crippen LogP contribution in [0.2, 0.25) is 0 Å². The molecule has 0 saturated heterocycles. The molecule has 1 N–H and O–H groups in total. The van der Waals surface area contributed by atoms with Crippen LogP contribution in [-0.2, 0) is 0 Å². The van der Waals surface area contributed by atoms with Gasteiger partial charge in [0.15, 0.2) is 0 Å². The van der Waals surface area contributed by atoms with Gasteiger partial charge in [-0.3, -0.25) is 0 Å². The van der Waals surface area contributed by atoms with E-state index in [4.69, 9.17) is 0 Å². The molecule has 0 saturated carbocycles. The highest BCUT2D eigenvalue weighted by atomic mass is 32.1. The first kappa shape index (κ1) is 24.3. The number of rotatable bonds is 3. The van der Waals surface area contributed by atoms with E-state index < -0.39 is 0 Å². The molecule has 2 nitrogen and oxygen atoms in total. The Hall–Kier alpha value is -5.16. The summed E-state index contributed by atoms with van der Waals surface area (Å²) in [7, 11) is 0. The van der Waals surface area contributed by atoms with Gasteiger partial charge in [0.2, 0.25) is 0 Å². The maximum Gasteiger partial charge on any atom is 0.0726 e. The van der Waals surface area contributed by atoms with Gasteiger partial charge in [0.25, 0.3) is 0 Å². The quantitative estimate of drug-likeness (QED) is 0.215. The minimum Gasteiger partial charge on any atom is -0.355 e. The van der Waals surface area contributed by atoms with E-state index >= 15 is 0 Å². The van der Waals surface area contributed by atoms with Crippen molar-refractivity contribution in [2.75, 3.05) is 5.32 Å². The Bertz CT molecular complexity index is 2750. The molecule has 0 aliphatic heterocycles. The first-order chi connectivity index (χ1) is 21.8. The second kappa shape index (κ2) is 9.17. The summed E-state index contributed by atoms with van der Waals surface area (Å²) >= 11 is 3.76. The van der Waals surface area contributed by atoms with Crippen molar-refractivity contribution in [1.29, 1.82) is 0 Å². The zero-order chi connectivity index (χ0) is 28.8. The molecule has 3 aromatic heterocycles. The Labute approximate surface area is 261 Å². The van der Waals surface area contributed by atoms with Crippen molar-refractivity contribution in [2.24, 2.45) is 0 Å². The van der Waals surface area contributed by atoms with Crippen molar-refractivity contribution in [3.63, 3.8) is 0 Å². The van der Waals surface area contributed by atoms with Gasteiger partial charge in [0, 0.05) is 63.5 Å². The second-order valence-electron chi connectivity index (χ2n) is 11.4. The maximum atomic E-state index is 3.75. The number of aromatic nitrogens is 1. The molecule has 0 amide bonds. The van der Waals surface area contributed by atoms with E-state index in [1.54, 1.807) is 0 Å². The molecule has 3 heterocycles. The lowest BCUT2D eigenvalue weighted by atomic mass is 9.99. The molecule has 7 aromatic carbocycles. The van der Waals surface area contributed by atoms with Gasteiger partial charge in [-0.2, -0.15) is 0 Å². The van der Waals surface area contributed by atoms with Crippen LogP contribution in [0.15, 0.2) is 140 Å². The highest BCUT2D eigenvalue weighted by molar-refractivity contribution is 7.27. The lowest BCUT2D eigenvalue weighted by Crippen LogP contribution is -1.94. The van der Waals surface area contributed by atoms with E-state index in [0.717, 1.165) is 11.4 Å². The monoisotopic (exact) mass is 596 g/mol. The minimum absolute atomic E-state index is 1.09. The standard InChI is InChI=1S/C40H24N2S2/c1-2-10-26(11-3-1)42-33-21-19-24(41-25-18-20-28-27-12-6-8-16-34(27)43-36(28)23-25)22-32(33)37-29-13-4-5-14-30(29)38-31-15-7-9-17-35(31)44-40(38)39(37)42/h1-23,41H. The smallest absolute Gasteiger partial charge is 0.0726 e. The number of nitrogens with one attached hydrogen (secondary N) is 1. The molecule has 0 unspecified atom stereocenters. The Kier molecular flexibility index (Phi) is 5.06. The van der Waals surface area contributed by atoms with Crippen LogP contribution in [0.1, 0.15) is 0 Å². The van der Waals surface area contributed by atoms with Crippen LogP contribution in [0.4, 0.5) is 11.4 Å². The van der Waals surface area contributed by atoms with Gasteiger partial charge in [0.1, 0.15) is 0 Å². The SMILES string of the molecule is c1ccc(-n2c3ccc(Nc4ccc5c(c4)sc4ccccc45)cc3c3c4ccccc4c4c5ccccc5sc4c32)cc1. The molecule has 0 atom stereocenters. The molecule has 0 aliphatic carbocycles. The molecule has 10 rings (SSSR count). The molecule has 44 heavy (non-hydrogen) atoms. The average Bonchev–Trinajstić information content (AvgIpc) is 3.75. The Morgan fingerprint density at radius 2 is 1.05 bits per heavy atom. The molecular weight excluding hydrogens is 573 g/mol. The van der Waals surface area contributed by atoms with Crippen molar-refractivity contribution in [2.45, 2.75) is 0 Å². The van der Waals surface area contributed by atoms with E-state index in [0.29, 0.717) is 0 Å². The number of thiophene rings is 2. The van der Waals surface area contributed by atoms with E-state index in [1.807, 2.05) is 22.7 Å². The van der Waals surface area contributed by atoms with Gasteiger partial charge in [-0.25, -0.2) is 0 Å². The van der Waals surface area contributed by atoms with Crippen LogP contribution >= 0.6 is 22.7 Å². The van der Waals surface area contributed by atoms with Gasteiger partial charge in [0.05, 0.1) is 15.7 Å². The van der Waals surface area contributed by atoms with Crippen LogP contribution in [0, 0.1) is 0 Å². The van der Waals surface area contributed by atoms with Crippen LogP contribution in [0.5, 0.6) is 0 Å². The van der Waals surface area contributed by atoms with Crippen molar-refractivity contribution < 1.29 is 0 Å². The number of benzene rings is 7. The van der Waals surface area contributed by atoms with Gasteiger partial charge in [-0.1, -0.05) is 84.9 Å². The summed E-state index contributed by atoms with van der Waals surface area (Å²) < 4.78 is 7.76. The predicted octanol–water partition coefficient (Wildman–Crippen LogP) is 12.4. The predicted molar refractivity (Wildman–Crippen MR) is 194 cm³/mol. The first-order valence-electron chi connectivity index (χ1n) is 14.9. The summed E-state index contributed by atoms with van der Waals surface area (Å²) in [5.74, 6) is 0. The molecule has 0 fully saturated rings. The lowest BCUT2D eigenvalue weighted by Gasteiger charge is -2.10. The minimum atomic E-state index is 1.09. The summed E-state index contributed by atoms with van der Waals surface area (Å²) in [5, 5.41) is 14.2. The van der Waals surface area contributed by atoms with E-state index in [2.05, 4.69) is 149 Å². The summed E-state index contributed by atoms with van der Waals surface area (Å²) in [6.07, 6.45) is 0. The van der Waals surface area contributed by atoms with Crippen molar-refractivity contribution in [1.82, 2.24) is 4.57 Å². The Morgan fingerprint density at radius 1 is 0.432 bits per heavy atom. The summed E-state index contributed by atoms with van der Waals surface area (Å²) in [6, 6.07) is 50.9. The fraction of sp³-hybridized carbons (Fsp3) is 0. The normalized spacial score (nSPS) is 12.1. The third-order valence-electron chi connectivity index (χ3n) is 8.93. The number of hydrogen-bond acceptors (Lipinski definition) is 3. The zero-order valence-corrected chi connectivity index (χ0v) is 25.2. The maximum absolute atomic E-state index is 3.75. The van der Waals surface area contributed by atoms with Crippen LogP contribution in [0.3, 0.4) is 0 Å². The topological polar surface area (TPSA) is 17.0 Å². The number of nitrogens with zero attached hydrogens (tertiary/aromatic N) is 1. The molecule has 0 radical (unpaired) electrons. The Balaban J connectivity index is 1.27. The van der Waals surface area contributed by atoms with Crippen LogP contribution in [0.25, 0.3) is 78.6 Å². The summed E-state index contributed by atoms with van der Waals surface area (Å²) in [6.45, 7) is 0. The van der Waals surface area contributed by atoms with Gasteiger partial charge in [-0.05, 0) is 65.4 Å². The molecule has 0 spiro atoms. The highest BCUT2D eigenvalue weighted by Gasteiger charge is 2.22. The van der Waals surface area contributed by atoms with E-state index in [-0.39, 0.29) is 0 Å². The largest absolute Gasteiger partial charge is 0.355 e. The van der Waals surface area contributed by atoms with E-state index in [9.17, 15) is 0 Å². The molecule has 206 valence electrons.